The van der Waals surface area contributed by atoms with Crippen LogP contribution in [0.2, 0.25) is 0 Å². The summed E-state index contributed by atoms with van der Waals surface area (Å²) in [4.78, 5) is 10.4. The van der Waals surface area contributed by atoms with Crippen LogP contribution < -0.4 is 5.43 Å². The normalized spacial score (nSPS) is 11.5. The summed E-state index contributed by atoms with van der Waals surface area (Å²) in [5.74, 6) is 0. The summed E-state index contributed by atoms with van der Waals surface area (Å²) in [5, 5.41) is 8.19. The Bertz CT molecular complexity index is 661. The molecular weight excluding hydrogens is 268 g/mol. The summed E-state index contributed by atoms with van der Waals surface area (Å²) in [6, 6.07) is 7.97. The van der Waals surface area contributed by atoms with E-state index in [1.54, 1.807) is 13.3 Å². The Kier molecular flexibility index (Phi) is 4.84. The second-order valence-electron chi connectivity index (χ2n) is 4.61. The minimum Gasteiger partial charge on any atom is -0.378 e. The molecule has 2 rings (SSSR count). The fourth-order valence-corrected chi connectivity index (χ4v) is 2.19. The molecule has 0 saturated heterocycles. The molecule has 0 saturated carbocycles. The number of carbonyl (C=O) groups is 1. The van der Waals surface area contributed by atoms with Gasteiger partial charge >= 0.3 is 0 Å². The lowest BCUT2D eigenvalue weighted by atomic mass is 10.0. The molecule has 0 aliphatic rings. The maximum atomic E-state index is 10.4. The van der Waals surface area contributed by atoms with Gasteiger partial charge in [-0.1, -0.05) is 12.1 Å². The molecule has 1 aromatic heterocycles. The number of nitrogens with zero attached hydrogens (tertiary/aromatic N) is 3. The van der Waals surface area contributed by atoms with E-state index in [9.17, 15) is 4.79 Å². The molecule has 6 nitrogen and oxygen atoms in total. The largest absolute Gasteiger partial charge is 0.378 e. The van der Waals surface area contributed by atoms with Crippen LogP contribution in [0.5, 0.6) is 0 Å². The van der Waals surface area contributed by atoms with Crippen molar-refractivity contribution >= 4 is 12.1 Å². The fourth-order valence-electron chi connectivity index (χ4n) is 2.19. The number of hydrogen-bond acceptors (Lipinski definition) is 4. The number of aryl methyl sites for hydroxylation is 2. The lowest BCUT2D eigenvalue weighted by Gasteiger charge is -2.10. The van der Waals surface area contributed by atoms with Gasteiger partial charge in [0.05, 0.1) is 18.0 Å². The second kappa shape index (κ2) is 6.81. The van der Waals surface area contributed by atoms with E-state index in [0.717, 1.165) is 22.4 Å². The summed E-state index contributed by atoms with van der Waals surface area (Å²) >= 11 is 0. The molecule has 1 heterocycles. The number of nitrogens with one attached hydrogen (secondary N) is 1. The highest BCUT2D eigenvalue weighted by Gasteiger charge is 2.10. The van der Waals surface area contributed by atoms with E-state index in [2.05, 4.69) is 15.6 Å². The molecule has 0 aliphatic heterocycles. The van der Waals surface area contributed by atoms with Gasteiger partial charge in [-0.25, -0.2) is 5.43 Å². The molecular formula is C15H18N4O2. The topological polar surface area (TPSA) is 68.5 Å². The fraction of sp³-hybridized carbons (Fsp3) is 0.267. The van der Waals surface area contributed by atoms with Crippen LogP contribution in [-0.2, 0) is 16.6 Å². The SMILES string of the molecule is COC/C(=N\NC=O)c1ccc(-c2ccnn2C)c(C)c1. The van der Waals surface area contributed by atoms with Gasteiger partial charge in [0.15, 0.2) is 0 Å². The van der Waals surface area contributed by atoms with Crippen molar-refractivity contribution in [2.45, 2.75) is 6.92 Å². The van der Waals surface area contributed by atoms with Crippen molar-refractivity contribution in [3.8, 4) is 11.3 Å². The van der Waals surface area contributed by atoms with Crippen LogP contribution in [-0.4, -0.2) is 35.6 Å². The lowest BCUT2D eigenvalue weighted by Crippen LogP contribution is -2.15. The summed E-state index contributed by atoms with van der Waals surface area (Å²) in [6.45, 7) is 2.36. The minimum atomic E-state index is 0.325. The van der Waals surface area contributed by atoms with Crippen molar-refractivity contribution in [2.24, 2.45) is 12.1 Å². The van der Waals surface area contributed by atoms with Crippen molar-refractivity contribution in [1.29, 1.82) is 0 Å². The lowest BCUT2D eigenvalue weighted by molar-refractivity contribution is -0.109. The van der Waals surface area contributed by atoms with Gasteiger partial charge in [-0.2, -0.15) is 10.2 Å². The van der Waals surface area contributed by atoms with Crippen LogP contribution in [0, 0.1) is 6.92 Å². The van der Waals surface area contributed by atoms with Crippen molar-refractivity contribution in [2.75, 3.05) is 13.7 Å². The smallest absolute Gasteiger partial charge is 0.227 e. The van der Waals surface area contributed by atoms with Crippen molar-refractivity contribution in [3.05, 3.63) is 41.6 Å². The van der Waals surface area contributed by atoms with Crippen LogP contribution in [0.3, 0.4) is 0 Å². The number of amides is 1. The third kappa shape index (κ3) is 3.35. The van der Waals surface area contributed by atoms with Crippen LogP contribution in [0.1, 0.15) is 11.1 Å². The van der Waals surface area contributed by atoms with Crippen LogP contribution in [0.4, 0.5) is 0 Å². The zero-order valence-electron chi connectivity index (χ0n) is 12.3. The Labute approximate surface area is 123 Å². The molecule has 110 valence electrons. The first-order chi connectivity index (χ1) is 10.2. The molecule has 0 fully saturated rings. The number of carbonyl (C=O) groups excluding carboxylic acids is 1. The molecule has 21 heavy (non-hydrogen) atoms. The summed E-state index contributed by atoms with van der Waals surface area (Å²) in [6.07, 6.45) is 2.31. The van der Waals surface area contributed by atoms with Gasteiger partial charge in [0, 0.05) is 31.5 Å². The maximum Gasteiger partial charge on any atom is 0.227 e. The highest BCUT2D eigenvalue weighted by Crippen LogP contribution is 2.23. The molecule has 0 bridgehead atoms. The first-order valence-corrected chi connectivity index (χ1v) is 6.51. The highest BCUT2D eigenvalue weighted by molar-refractivity contribution is 6.02. The van der Waals surface area contributed by atoms with Gasteiger partial charge in [0.2, 0.25) is 6.41 Å². The Morgan fingerprint density at radius 3 is 2.86 bits per heavy atom. The highest BCUT2D eigenvalue weighted by atomic mass is 16.5. The predicted octanol–water partition coefficient (Wildman–Crippen LogP) is 1.49. The van der Waals surface area contributed by atoms with E-state index in [4.69, 9.17) is 4.74 Å². The standard InChI is InChI=1S/C15H18N4O2/c1-11-8-12(14(9-21-3)18-16-10-20)4-5-13(11)15-6-7-17-19(15)2/h4-8,10H,9H2,1-3H3,(H,16,20)/b18-14+. The van der Waals surface area contributed by atoms with Crippen LogP contribution in [0.25, 0.3) is 11.3 Å². The van der Waals surface area contributed by atoms with Gasteiger partial charge < -0.3 is 4.74 Å². The molecule has 0 atom stereocenters. The number of aromatic nitrogens is 2. The third-order valence-corrected chi connectivity index (χ3v) is 3.19. The van der Waals surface area contributed by atoms with E-state index in [1.165, 1.54) is 0 Å². The second-order valence-corrected chi connectivity index (χ2v) is 4.61. The number of methoxy groups -OCH3 is 1. The van der Waals surface area contributed by atoms with Gasteiger partial charge in [-0.05, 0) is 24.6 Å². The molecule has 2 aromatic rings. The van der Waals surface area contributed by atoms with Crippen LogP contribution in [0.15, 0.2) is 35.6 Å². The maximum absolute atomic E-state index is 10.4. The molecule has 0 spiro atoms. The average molecular weight is 286 g/mol. The Morgan fingerprint density at radius 1 is 1.48 bits per heavy atom. The molecule has 6 heteroatoms. The van der Waals surface area contributed by atoms with Crippen molar-refractivity contribution in [3.63, 3.8) is 0 Å². The van der Waals surface area contributed by atoms with Crippen molar-refractivity contribution < 1.29 is 9.53 Å². The van der Waals surface area contributed by atoms with E-state index >= 15 is 0 Å². The molecule has 0 aliphatic carbocycles. The molecule has 1 amide bonds. The summed E-state index contributed by atoms with van der Waals surface area (Å²) in [7, 11) is 3.50. The summed E-state index contributed by atoms with van der Waals surface area (Å²) in [5.41, 5.74) is 7.16. The third-order valence-electron chi connectivity index (χ3n) is 3.19. The molecule has 0 radical (unpaired) electrons. The van der Waals surface area contributed by atoms with Gasteiger partial charge in [-0.3, -0.25) is 9.48 Å². The monoisotopic (exact) mass is 286 g/mol. The molecule has 1 N–H and O–H groups in total. The Balaban J connectivity index is 2.38. The minimum absolute atomic E-state index is 0.325. The van der Waals surface area contributed by atoms with Crippen LogP contribution >= 0.6 is 0 Å². The zero-order valence-corrected chi connectivity index (χ0v) is 12.3. The first-order valence-electron chi connectivity index (χ1n) is 6.51. The number of hydrazone groups is 1. The van der Waals surface area contributed by atoms with Gasteiger partial charge in [-0.15, -0.1) is 0 Å². The Hall–Kier alpha value is -2.47. The number of rotatable bonds is 6. The average Bonchev–Trinajstić information content (AvgIpc) is 2.89. The van der Waals surface area contributed by atoms with Crippen molar-refractivity contribution in [1.82, 2.24) is 15.2 Å². The Morgan fingerprint density at radius 2 is 2.29 bits per heavy atom. The predicted molar refractivity (Wildman–Crippen MR) is 81.0 cm³/mol. The molecule has 0 unspecified atom stereocenters. The van der Waals surface area contributed by atoms with Gasteiger partial charge in [0.1, 0.15) is 0 Å². The van der Waals surface area contributed by atoms with E-state index in [0.29, 0.717) is 18.7 Å². The van der Waals surface area contributed by atoms with E-state index in [-0.39, 0.29) is 0 Å². The summed E-state index contributed by atoms with van der Waals surface area (Å²) < 4.78 is 6.95. The zero-order chi connectivity index (χ0) is 15.2. The van der Waals surface area contributed by atoms with E-state index in [1.807, 2.05) is 42.9 Å². The quantitative estimate of drug-likeness (QED) is 0.497. The van der Waals surface area contributed by atoms with E-state index < -0.39 is 0 Å². The number of hydrogen-bond donors (Lipinski definition) is 1. The first kappa shape index (κ1) is 14.9. The number of ether oxygens (including phenoxy) is 1. The number of benzene rings is 1. The molecule has 1 aromatic carbocycles. The van der Waals surface area contributed by atoms with Gasteiger partial charge in [0.25, 0.3) is 0 Å².